The minimum absolute atomic E-state index is 0.406. The highest BCUT2D eigenvalue weighted by atomic mass is 16.4. The maximum Gasteiger partial charge on any atom is 0.326 e. The van der Waals surface area contributed by atoms with Crippen molar-refractivity contribution in [2.75, 3.05) is 13.1 Å². The zero-order valence-electron chi connectivity index (χ0n) is 16.8. The summed E-state index contributed by atoms with van der Waals surface area (Å²) in [5.41, 5.74) is 16.2. The number of unbranched alkanes of at least 4 members (excludes halogenated alkanes) is 1. The van der Waals surface area contributed by atoms with E-state index < -0.39 is 66.6 Å². The van der Waals surface area contributed by atoms with Gasteiger partial charge in [-0.15, -0.1) is 0 Å². The molecule has 0 radical (unpaired) electrons. The molecule has 29 heavy (non-hydrogen) atoms. The normalized spacial score (nSPS) is 13.8. The molecule has 0 aromatic heterocycles. The molecule has 0 heterocycles. The molecule has 0 aromatic rings. The fourth-order valence-corrected chi connectivity index (χ4v) is 2.36. The van der Waals surface area contributed by atoms with E-state index in [1.165, 1.54) is 0 Å². The predicted octanol–water partition coefficient (Wildman–Crippen LogP) is -2.86. The molecular weight excluding hydrogens is 384 g/mol. The molecule has 10 N–H and O–H groups in total. The summed E-state index contributed by atoms with van der Waals surface area (Å²) in [5, 5.41) is 16.0. The highest BCUT2D eigenvalue weighted by molar-refractivity contribution is 5.94. The molecule has 0 aliphatic carbocycles. The van der Waals surface area contributed by atoms with Crippen molar-refractivity contribution in [2.45, 2.75) is 57.7 Å². The number of rotatable bonds is 14. The molecule has 0 saturated heterocycles. The van der Waals surface area contributed by atoms with Crippen molar-refractivity contribution in [3.8, 4) is 0 Å². The van der Waals surface area contributed by atoms with Gasteiger partial charge in [0.2, 0.25) is 23.6 Å². The first kappa shape index (κ1) is 26.3. The van der Waals surface area contributed by atoms with E-state index >= 15 is 0 Å². The molecule has 0 aliphatic heterocycles. The second kappa shape index (κ2) is 13.4. The van der Waals surface area contributed by atoms with Crippen molar-refractivity contribution >= 4 is 29.6 Å². The summed E-state index contributed by atoms with van der Waals surface area (Å²) in [6, 6.07) is -3.39. The second-order valence-corrected chi connectivity index (χ2v) is 6.97. The molecule has 3 unspecified atom stereocenters. The maximum absolute atomic E-state index is 12.3. The average Bonchev–Trinajstić information content (AvgIpc) is 2.62. The average molecular weight is 416 g/mol. The molecule has 166 valence electrons. The molecule has 4 amide bonds. The highest BCUT2D eigenvalue weighted by Crippen LogP contribution is 2.03. The van der Waals surface area contributed by atoms with Gasteiger partial charge in [-0.1, -0.05) is 20.3 Å². The number of hydrogen-bond acceptors (Lipinski definition) is 7. The van der Waals surface area contributed by atoms with Gasteiger partial charge < -0.3 is 38.3 Å². The summed E-state index contributed by atoms with van der Waals surface area (Å²) < 4.78 is 0. The number of carboxylic acids is 1. The van der Waals surface area contributed by atoms with Crippen molar-refractivity contribution in [1.29, 1.82) is 0 Å². The van der Waals surface area contributed by atoms with Crippen LogP contribution in [-0.4, -0.2) is 65.9 Å². The van der Waals surface area contributed by atoms with Crippen LogP contribution in [0.3, 0.4) is 0 Å². The van der Waals surface area contributed by atoms with Crippen molar-refractivity contribution in [3.05, 3.63) is 0 Å². The molecule has 12 nitrogen and oxygen atoms in total. The number of carboxylic acid groups (broad SMARTS) is 1. The monoisotopic (exact) mass is 416 g/mol. The summed E-state index contributed by atoms with van der Waals surface area (Å²) in [4.78, 5) is 58.7. The molecule has 0 fully saturated rings. The molecule has 0 aliphatic rings. The molecule has 0 spiro atoms. The van der Waals surface area contributed by atoms with Gasteiger partial charge >= 0.3 is 5.97 Å². The lowest BCUT2D eigenvalue weighted by Crippen LogP contribution is -2.55. The number of carbonyl (C=O) groups is 5. The SMILES string of the molecule is CC(C)C(NC(=O)C(CC(N)=O)NC(=O)CNC(=O)C(N)CCCCN)C(=O)O. The van der Waals surface area contributed by atoms with Crippen LogP contribution in [0.15, 0.2) is 0 Å². The third-order valence-electron chi connectivity index (χ3n) is 4.02. The van der Waals surface area contributed by atoms with Crippen LogP contribution < -0.4 is 33.2 Å². The summed E-state index contributed by atoms with van der Waals surface area (Å²) in [6.45, 7) is 3.19. The van der Waals surface area contributed by atoms with Gasteiger partial charge in [-0.25, -0.2) is 4.79 Å². The van der Waals surface area contributed by atoms with Crippen LogP contribution in [0, 0.1) is 5.92 Å². The number of aliphatic carboxylic acids is 1. The number of nitrogens with one attached hydrogen (secondary N) is 3. The van der Waals surface area contributed by atoms with Crippen LogP contribution in [0.2, 0.25) is 0 Å². The largest absolute Gasteiger partial charge is 0.480 e. The van der Waals surface area contributed by atoms with Crippen LogP contribution in [-0.2, 0) is 24.0 Å². The number of amides is 4. The Morgan fingerprint density at radius 3 is 2.10 bits per heavy atom. The Labute approximate surface area is 169 Å². The zero-order chi connectivity index (χ0) is 22.6. The van der Waals surface area contributed by atoms with E-state index in [9.17, 15) is 24.0 Å². The molecule has 0 aromatic carbocycles. The molecule has 0 saturated carbocycles. The first-order valence-corrected chi connectivity index (χ1v) is 9.33. The maximum atomic E-state index is 12.3. The van der Waals surface area contributed by atoms with Crippen LogP contribution in [0.1, 0.15) is 39.5 Å². The van der Waals surface area contributed by atoms with Crippen molar-refractivity contribution < 1.29 is 29.1 Å². The van der Waals surface area contributed by atoms with E-state index in [-0.39, 0.29) is 0 Å². The Bertz CT molecular complexity index is 597. The Kier molecular flexibility index (Phi) is 12.2. The number of carbonyl (C=O) groups excluding carboxylic acids is 4. The Morgan fingerprint density at radius 1 is 1.00 bits per heavy atom. The van der Waals surface area contributed by atoms with E-state index in [4.69, 9.17) is 22.3 Å². The molecule has 12 heteroatoms. The van der Waals surface area contributed by atoms with Gasteiger partial charge in [-0.05, 0) is 25.3 Å². The van der Waals surface area contributed by atoms with E-state index in [1.807, 2.05) is 0 Å². The summed E-state index contributed by atoms with van der Waals surface area (Å²) in [6.07, 6.45) is 1.26. The third-order valence-corrected chi connectivity index (χ3v) is 4.02. The van der Waals surface area contributed by atoms with Gasteiger partial charge in [0.15, 0.2) is 0 Å². The first-order valence-electron chi connectivity index (χ1n) is 9.33. The van der Waals surface area contributed by atoms with Crippen LogP contribution in [0.25, 0.3) is 0 Å². The number of nitrogens with two attached hydrogens (primary N) is 3. The van der Waals surface area contributed by atoms with Gasteiger partial charge in [0.05, 0.1) is 19.0 Å². The van der Waals surface area contributed by atoms with Gasteiger partial charge in [-0.3, -0.25) is 19.2 Å². The molecule has 0 bridgehead atoms. The summed E-state index contributed by atoms with van der Waals surface area (Å²) >= 11 is 0. The minimum Gasteiger partial charge on any atom is -0.480 e. The van der Waals surface area contributed by atoms with E-state index in [0.717, 1.165) is 6.42 Å². The molecule has 0 rings (SSSR count). The Hall–Kier alpha value is -2.73. The number of primary amides is 1. The van der Waals surface area contributed by atoms with E-state index in [1.54, 1.807) is 13.8 Å². The third kappa shape index (κ3) is 11.0. The second-order valence-electron chi connectivity index (χ2n) is 6.97. The lowest BCUT2D eigenvalue weighted by atomic mass is 10.0. The molecule has 3 atom stereocenters. The summed E-state index contributed by atoms with van der Waals surface area (Å²) in [5.74, 6) is -4.73. The minimum atomic E-state index is -1.38. The van der Waals surface area contributed by atoms with Gasteiger partial charge in [0.1, 0.15) is 12.1 Å². The topological polar surface area (TPSA) is 220 Å². The fraction of sp³-hybridized carbons (Fsp3) is 0.706. The van der Waals surface area contributed by atoms with Crippen molar-refractivity contribution in [1.82, 2.24) is 16.0 Å². The van der Waals surface area contributed by atoms with Crippen LogP contribution in [0.4, 0.5) is 0 Å². The van der Waals surface area contributed by atoms with E-state index in [0.29, 0.717) is 19.4 Å². The fourth-order valence-electron chi connectivity index (χ4n) is 2.36. The lowest BCUT2D eigenvalue weighted by molar-refractivity contribution is -0.143. The molecular formula is C17H32N6O6. The lowest BCUT2D eigenvalue weighted by Gasteiger charge is -2.22. The Balaban J connectivity index is 4.78. The standard InChI is InChI=1S/C17H32N6O6/c1-9(2)14(17(28)29)23-16(27)11(7-12(20)24)22-13(25)8-21-15(26)10(19)5-3-4-6-18/h9-11,14H,3-8,18-19H2,1-2H3,(H2,20,24)(H,21,26)(H,22,25)(H,23,27)(H,28,29). The number of hydrogen-bond donors (Lipinski definition) is 7. The van der Waals surface area contributed by atoms with Gasteiger partial charge in [0.25, 0.3) is 0 Å². The summed E-state index contributed by atoms with van der Waals surface area (Å²) in [7, 11) is 0. The smallest absolute Gasteiger partial charge is 0.326 e. The van der Waals surface area contributed by atoms with Gasteiger partial charge in [0, 0.05) is 0 Å². The van der Waals surface area contributed by atoms with Crippen molar-refractivity contribution in [3.63, 3.8) is 0 Å². The van der Waals surface area contributed by atoms with E-state index in [2.05, 4.69) is 16.0 Å². The van der Waals surface area contributed by atoms with Crippen LogP contribution in [0.5, 0.6) is 0 Å². The Morgan fingerprint density at radius 2 is 1.62 bits per heavy atom. The zero-order valence-corrected chi connectivity index (χ0v) is 16.8. The first-order chi connectivity index (χ1) is 13.5. The van der Waals surface area contributed by atoms with Crippen LogP contribution >= 0.6 is 0 Å². The quantitative estimate of drug-likeness (QED) is 0.146. The highest BCUT2D eigenvalue weighted by Gasteiger charge is 2.29. The van der Waals surface area contributed by atoms with Gasteiger partial charge in [-0.2, -0.15) is 0 Å². The van der Waals surface area contributed by atoms with Crippen molar-refractivity contribution in [2.24, 2.45) is 23.1 Å². The predicted molar refractivity (Wildman–Crippen MR) is 104 cm³/mol.